The fraction of sp³-hybridized carbons (Fsp3) is 0.923. The van der Waals surface area contributed by atoms with Gasteiger partial charge >= 0.3 is 5.97 Å². The van der Waals surface area contributed by atoms with E-state index in [9.17, 15) is 4.79 Å². The summed E-state index contributed by atoms with van der Waals surface area (Å²) >= 11 is 0. The van der Waals surface area contributed by atoms with Crippen molar-refractivity contribution >= 4 is 5.97 Å². The van der Waals surface area contributed by atoms with E-state index in [0.29, 0.717) is 6.61 Å². The molecule has 1 saturated carbocycles. The smallest absolute Gasteiger partial charge is 0.326 e. The lowest BCUT2D eigenvalue weighted by molar-refractivity contribution is -0.153. The Kier molecular flexibility index (Phi) is 5.26. The Balaban J connectivity index is 2.38. The minimum absolute atomic E-state index is 0.184. The van der Waals surface area contributed by atoms with Gasteiger partial charge in [-0.3, -0.25) is 4.79 Å². The van der Waals surface area contributed by atoms with Crippen LogP contribution in [0.15, 0.2) is 0 Å². The topological polar surface area (TPSA) is 52.3 Å². The van der Waals surface area contributed by atoms with Gasteiger partial charge in [0.1, 0.15) is 5.54 Å². The molecule has 2 atom stereocenters. The van der Waals surface area contributed by atoms with E-state index >= 15 is 0 Å². The van der Waals surface area contributed by atoms with Gasteiger partial charge in [-0.2, -0.15) is 0 Å². The van der Waals surface area contributed by atoms with Crippen molar-refractivity contribution in [2.75, 3.05) is 6.61 Å². The zero-order valence-electron chi connectivity index (χ0n) is 10.6. The van der Waals surface area contributed by atoms with Gasteiger partial charge in [-0.25, -0.2) is 0 Å². The predicted octanol–water partition coefficient (Wildman–Crippen LogP) is 2.63. The van der Waals surface area contributed by atoms with Gasteiger partial charge in [0.15, 0.2) is 0 Å². The largest absolute Gasteiger partial charge is 0.464 e. The minimum atomic E-state index is -0.718. The van der Waals surface area contributed by atoms with E-state index in [4.69, 9.17) is 10.5 Å². The van der Waals surface area contributed by atoms with Crippen molar-refractivity contribution in [1.29, 1.82) is 0 Å². The highest BCUT2D eigenvalue weighted by Gasteiger charge is 2.42. The number of carbonyl (C=O) groups excluding carboxylic acids is 1. The molecular weight excluding hydrogens is 202 g/mol. The van der Waals surface area contributed by atoms with Gasteiger partial charge in [0.05, 0.1) is 6.61 Å². The molecule has 0 radical (unpaired) electrons. The minimum Gasteiger partial charge on any atom is -0.464 e. The number of ether oxygens (including phenoxy) is 1. The summed E-state index contributed by atoms with van der Waals surface area (Å²) in [5.74, 6) is 0.0655. The first-order valence-electron chi connectivity index (χ1n) is 6.57. The molecule has 0 aliphatic heterocycles. The SMILES string of the molecule is CCCCCOC(=O)C1(N)CCCCC1C. The first-order valence-corrected chi connectivity index (χ1v) is 6.57. The predicted molar refractivity (Wildman–Crippen MR) is 65.0 cm³/mol. The van der Waals surface area contributed by atoms with Crippen LogP contribution in [0.3, 0.4) is 0 Å². The first kappa shape index (κ1) is 13.5. The summed E-state index contributed by atoms with van der Waals surface area (Å²) in [6.07, 6.45) is 7.25. The fourth-order valence-electron chi connectivity index (χ4n) is 2.33. The molecule has 0 aromatic heterocycles. The second kappa shape index (κ2) is 6.24. The van der Waals surface area contributed by atoms with Crippen LogP contribution in [-0.4, -0.2) is 18.1 Å². The maximum Gasteiger partial charge on any atom is 0.326 e. The van der Waals surface area contributed by atoms with E-state index in [1.807, 2.05) is 0 Å². The first-order chi connectivity index (χ1) is 7.61. The summed E-state index contributed by atoms with van der Waals surface area (Å²) in [6, 6.07) is 0. The van der Waals surface area contributed by atoms with Gasteiger partial charge < -0.3 is 10.5 Å². The van der Waals surface area contributed by atoms with Crippen molar-refractivity contribution in [1.82, 2.24) is 0 Å². The van der Waals surface area contributed by atoms with Gasteiger partial charge in [-0.05, 0) is 25.2 Å². The summed E-state index contributed by atoms with van der Waals surface area (Å²) in [5.41, 5.74) is 5.47. The third kappa shape index (κ3) is 3.21. The molecule has 1 aliphatic carbocycles. The van der Waals surface area contributed by atoms with Crippen LogP contribution in [0.2, 0.25) is 0 Å². The molecule has 0 bridgehead atoms. The molecule has 2 N–H and O–H groups in total. The molecule has 3 nitrogen and oxygen atoms in total. The van der Waals surface area contributed by atoms with E-state index in [-0.39, 0.29) is 11.9 Å². The van der Waals surface area contributed by atoms with Crippen molar-refractivity contribution in [2.24, 2.45) is 11.7 Å². The lowest BCUT2D eigenvalue weighted by atomic mass is 9.74. The second-order valence-corrected chi connectivity index (χ2v) is 5.03. The summed E-state index contributed by atoms with van der Waals surface area (Å²) in [7, 11) is 0. The molecule has 0 amide bonds. The quantitative estimate of drug-likeness (QED) is 0.580. The fourth-order valence-corrected chi connectivity index (χ4v) is 2.33. The molecule has 0 aromatic rings. The molecule has 16 heavy (non-hydrogen) atoms. The Hall–Kier alpha value is -0.570. The van der Waals surface area contributed by atoms with E-state index < -0.39 is 5.54 Å². The average Bonchev–Trinajstić information content (AvgIpc) is 2.28. The molecular formula is C13H25NO2. The van der Waals surface area contributed by atoms with Gasteiger partial charge in [0, 0.05) is 0 Å². The highest BCUT2D eigenvalue weighted by atomic mass is 16.5. The molecule has 3 heteroatoms. The van der Waals surface area contributed by atoms with Crippen molar-refractivity contribution in [3.05, 3.63) is 0 Å². The standard InChI is InChI=1S/C13H25NO2/c1-3-4-7-10-16-12(15)13(14)9-6-5-8-11(13)2/h11H,3-10,14H2,1-2H3. The van der Waals surface area contributed by atoms with Crippen LogP contribution in [0, 0.1) is 5.92 Å². The Morgan fingerprint density at radius 1 is 1.44 bits per heavy atom. The molecule has 0 saturated heterocycles. The van der Waals surface area contributed by atoms with Crippen LogP contribution in [0.4, 0.5) is 0 Å². The Morgan fingerprint density at radius 2 is 2.19 bits per heavy atom. The molecule has 0 aromatic carbocycles. The Morgan fingerprint density at radius 3 is 2.81 bits per heavy atom. The number of hydrogen-bond donors (Lipinski definition) is 1. The highest BCUT2D eigenvalue weighted by molar-refractivity contribution is 5.81. The zero-order valence-corrected chi connectivity index (χ0v) is 10.6. The van der Waals surface area contributed by atoms with Crippen LogP contribution in [0.1, 0.15) is 58.8 Å². The van der Waals surface area contributed by atoms with Crippen LogP contribution in [0.25, 0.3) is 0 Å². The van der Waals surface area contributed by atoms with Gasteiger partial charge in [0.25, 0.3) is 0 Å². The van der Waals surface area contributed by atoms with Crippen molar-refractivity contribution in [2.45, 2.75) is 64.3 Å². The van der Waals surface area contributed by atoms with Crippen LogP contribution in [0.5, 0.6) is 0 Å². The van der Waals surface area contributed by atoms with Crippen molar-refractivity contribution < 1.29 is 9.53 Å². The summed E-state index contributed by atoms with van der Waals surface area (Å²) in [4.78, 5) is 11.9. The summed E-state index contributed by atoms with van der Waals surface area (Å²) < 4.78 is 5.29. The number of esters is 1. The highest BCUT2D eigenvalue weighted by Crippen LogP contribution is 2.32. The van der Waals surface area contributed by atoms with Crippen molar-refractivity contribution in [3.63, 3.8) is 0 Å². The maximum absolute atomic E-state index is 11.9. The average molecular weight is 227 g/mol. The second-order valence-electron chi connectivity index (χ2n) is 5.03. The molecule has 1 fully saturated rings. The van der Waals surface area contributed by atoms with E-state index in [1.165, 1.54) is 6.42 Å². The maximum atomic E-state index is 11.9. The van der Waals surface area contributed by atoms with Gasteiger partial charge in [-0.1, -0.05) is 39.5 Å². The zero-order chi connectivity index (χ0) is 12.0. The molecule has 2 unspecified atom stereocenters. The third-order valence-electron chi connectivity index (χ3n) is 3.72. The van der Waals surface area contributed by atoms with Crippen LogP contribution < -0.4 is 5.73 Å². The normalized spacial score (nSPS) is 30.1. The van der Waals surface area contributed by atoms with E-state index in [1.54, 1.807) is 0 Å². The van der Waals surface area contributed by atoms with Crippen LogP contribution >= 0.6 is 0 Å². The monoisotopic (exact) mass is 227 g/mol. The number of unbranched alkanes of at least 4 members (excludes halogenated alkanes) is 2. The van der Waals surface area contributed by atoms with Crippen LogP contribution in [-0.2, 0) is 9.53 Å². The molecule has 0 heterocycles. The molecule has 1 rings (SSSR count). The number of hydrogen-bond acceptors (Lipinski definition) is 3. The lowest BCUT2D eigenvalue weighted by Crippen LogP contribution is -2.55. The van der Waals surface area contributed by atoms with E-state index in [0.717, 1.165) is 38.5 Å². The van der Waals surface area contributed by atoms with Gasteiger partial charge in [0.2, 0.25) is 0 Å². The van der Waals surface area contributed by atoms with Gasteiger partial charge in [-0.15, -0.1) is 0 Å². The number of rotatable bonds is 5. The molecule has 0 spiro atoms. The summed E-state index contributed by atoms with van der Waals surface area (Å²) in [6.45, 7) is 4.72. The Bertz CT molecular complexity index is 230. The molecule has 1 aliphatic rings. The van der Waals surface area contributed by atoms with Crippen molar-refractivity contribution in [3.8, 4) is 0 Å². The number of nitrogens with two attached hydrogens (primary N) is 1. The third-order valence-corrected chi connectivity index (χ3v) is 3.72. The van der Waals surface area contributed by atoms with E-state index in [2.05, 4.69) is 13.8 Å². The Labute approximate surface area is 98.7 Å². The number of carbonyl (C=O) groups is 1. The lowest BCUT2D eigenvalue weighted by Gasteiger charge is -2.36. The molecule has 94 valence electrons. The summed E-state index contributed by atoms with van der Waals surface area (Å²) in [5, 5.41) is 0.